The number of carbonyl (C=O) groups is 1. The number of hydrogen-bond acceptors (Lipinski definition) is 3. The zero-order valence-electron chi connectivity index (χ0n) is 17.9. The molecule has 4 nitrogen and oxygen atoms in total. The van der Waals surface area contributed by atoms with Gasteiger partial charge in [0.05, 0.1) is 6.04 Å². The lowest BCUT2D eigenvalue weighted by Crippen LogP contribution is -2.49. The quantitative estimate of drug-likeness (QED) is 0.704. The van der Waals surface area contributed by atoms with Crippen LogP contribution in [0.3, 0.4) is 0 Å². The van der Waals surface area contributed by atoms with E-state index in [0.717, 1.165) is 45.6 Å². The van der Waals surface area contributed by atoms with Crippen LogP contribution in [0.2, 0.25) is 0 Å². The zero-order valence-corrected chi connectivity index (χ0v) is 17.9. The highest BCUT2D eigenvalue weighted by Crippen LogP contribution is 2.21. The Morgan fingerprint density at radius 1 is 1.00 bits per heavy atom. The molecule has 1 saturated heterocycles. The molecular formula is C25H35N3O. The van der Waals surface area contributed by atoms with Gasteiger partial charge in [0.1, 0.15) is 0 Å². The van der Waals surface area contributed by atoms with Crippen molar-refractivity contribution in [3.05, 3.63) is 71.3 Å². The van der Waals surface area contributed by atoms with E-state index in [-0.39, 0.29) is 11.9 Å². The van der Waals surface area contributed by atoms with Crippen LogP contribution in [0.5, 0.6) is 0 Å². The predicted molar refractivity (Wildman–Crippen MR) is 120 cm³/mol. The van der Waals surface area contributed by atoms with Crippen LogP contribution in [-0.2, 0) is 11.2 Å². The van der Waals surface area contributed by atoms with Crippen LogP contribution in [0, 0.1) is 6.92 Å². The van der Waals surface area contributed by atoms with Crippen molar-refractivity contribution in [1.82, 2.24) is 15.1 Å². The largest absolute Gasteiger partial charge is 0.354 e. The van der Waals surface area contributed by atoms with E-state index in [0.29, 0.717) is 13.0 Å². The molecule has 0 bridgehead atoms. The number of amides is 1. The highest BCUT2D eigenvalue weighted by Gasteiger charge is 2.24. The predicted octanol–water partition coefficient (Wildman–Crippen LogP) is 3.81. The van der Waals surface area contributed by atoms with Gasteiger partial charge in [-0.1, -0.05) is 67.1 Å². The Hall–Kier alpha value is -2.17. The fourth-order valence-corrected chi connectivity index (χ4v) is 4.03. The summed E-state index contributed by atoms with van der Waals surface area (Å²) in [6.07, 6.45) is 2.42. The molecule has 0 radical (unpaired) electrons. The van der Waals surface area contributed by atoms with E-state index < -0.39 is 0 Å². The lowest BCUT2D eigenvalue weighted by Gasteiger charge is -2.39. The Kier molecular flexibility index (Phi) is 8.26. The van der Waals surface area contributed by atoms with Crippen molar-refractivity contribution in [3.63, 3.8) is 0 Å². The zero-order chi connectivity index (χ0) is 20.5. The van der Waals surface area contributed by atoms with E-state index in [1.807, 2.05) is 0 Å². The van der Waals surface area contributed by atoms with Gasteiger partial charge in [0.25, 0.3) is 0 Å². The second-order valence-electron chi connectivity index (χ2n) is 8.04. The molecule has 29 heavy (non-hydrogen) atoms. The van der Waals surface area contributed by atoms with E-state index >= 15 is 0 Å². The Morgan fingerprint density at radius 3 is 2.34 bits per heavy atom. The monoisotopic (exact) mass is 393 g/mol. The molecule has 2 aromatic rings. The van der Waals surface area contributed by atoms with Crippen molar-refractivity contribution in [2.45, 2.75) is 39.2 Å². The summed E-state index contributed by atoms with van der Waals surface area (Å²) in [7, 11) is 0. The van der Waals surface area contributed by atoms with Gasteiger partial charge in [-0.15, -0.1) is 0 Å². The first-order chi connectivity index (χ1) is 14.2. The van der Waals surface area contributed by atoms with Gasteiger partial charge in [-0.25, -0.2) is 0 Å². The standard InChI is InChI=1S/C25H35N3O/c1-3-27-16-18-28(19-17-27)24(23-9-5-4-6-10-23)20-26-25(29)11-7-8-22-14-12-21(2)13-15-22/h4-6,9-10,12-15,24H,3,7-8,11,16-20H2,1-2H3,(H,26,29). The van der Waals surface area contributed by atoms with E-state index in [9.17, 15) is 4.79 Å². The van der Waals surface area contributed by atoms with Crippen molar-refractivity contribution in [2.24, 2.45) is 0 Å². The van der Waals surface area contributed by atoms with Gasteiger partial charge in [0, 0.05) is 39.1 Å². The number of likely N-dealkylation sites (N-methyl/N-ethyl adjacent to an activating group) is 1. The topological polar surface area (TPSA) is 35.6 Å². The Morgan fingerprint density at radius 2 is 1.69 bits per heavy atom. The average molecular weight is 394 g/mol. The first-order valence-electron chi connectivity index (χ1n) is 11.0. The summed E-state index contributed by atoms with van der Waals surface area (Å²) in [4.78, 5) is 17.5. The average Bonchev–Trinajstić information content (AvgIpc) is 2.76. The lowest BCUT2D eigenvalue weighted by molar-refractivity contribution is -0.121. The van der Waals surface area contributed by atoms with Crippen LogP contribution in [0.15, 0.2) is 54.6 Å². The van der Waals surface area contributed by atoms with Crippen molar-refractivity contribution in [3.8, 4) is 0 Å². The Bertz CT molecular complexity index is 736. The third-order valence-corrected chi connectivity index (χ3v) is 5.96. The molecule has 1 fully saturated rings. The van der Waals surface area contributed by atoms with Crippen molar-refractivity contribution >= 4 is 5.91 Å². The highest BCUT2D eigenvalue weighted by atomic mass is 16.1. The van der Waals surface area contributed by atoms with Crippen LogP contribution < -0.4 is 5.32 Å². The normalized spacial score (nSPS) is 16.5. The summed E-state index contributed by atoms with van der Waals surface area (Å²) >= 11 is 0. The van der Waals surface area contributed by atoms with E-state index in [4.69, 9.17) is 0 Å². The molecule has 1 aliphatic heterocycles. The molecule has 0 aromatic heterocycles. The van der Waals surface area contributed by atoms with Gasteiger partial charge in [-0.05, 0) is 37.4 Å². The molecular weight excluding hydrogens is 358 g/mol. The fourth-order valence-electron chi connectivity index (χ4n) is 4.03. The molecule has 0 saturated carbocycles. The number of benzene rings is 2. The summed E-state index contributed by atoms with van der Waals surface area (Å²) in [5, 5.41) is 3.20. The van der Waals surface area contributed by atoms with Gasteiger partial charge < -0.3 is 10.2 Å². The second-order valence-corrected chi connectivity index (χ2v) is 8.04. The van der Waals surface area contributed by atoms with Gasteiger partial charge in [0.15, 0.2) is 0 Å². The molecule has 1 atom stereocenters. The molecule has 0 spiro atoms. The minimum atomic E-state index is 0.158. The SMILES string of the molecule is CCN1CCN(C(CNC(=O)CCCc2ccc(C)cc2)c2ccccc2)CC1. The van der Waals surface area contributed by atoms with Crippen LogP contribution >= 0.6 is 0 Å². The van der Waals surface area contributed by atoms with Gasteiger partial charge in [0.2, 0.25) is 5.91 Å². The summed E-state index contributed by atoms with van der Waals surface area (Å²) in [6.45, 7) is 10.4. The third-order valence-electron chi connectivity index (χ3n) is 5.96. The van der Waals surface area contributed by atoms with Gasteiger partial charge >= 0.3 is 0 Å². The van der Waals surface area contributed by atoms with Crippen molar-refractivity contribution in [1.29, 1.82) is 0 Å². The molecule has 1 aliphatic rings. The minimum absolute atomic E-state index is 0.158. The molecule has 4 heteroatoms. The first-order valence-corrected chi connectivity index (χ1v) is 11.0. The van der Waals surface area contributed by atoms with Crippen LogP contribution in [0.4, 0.5) is 0 Å². The molecule has 1 N–H and O–H groups in total. The van der Waals surface area contributed by atoms with Gasteiger partial charge in [-0.3, -0.25) is 9.69 Å². The smallest absolute Gasteiger partial charge is 0.220 e. The first kappa shape index (κ1) is 21.5. The highest BCUT2D eigenvalue weighted by molar-refractivity contribution is 5.75. The molecule has 2 aromatic carbocycles. The molecule has 1 amide bonds. The lowest BCUT2D eigenvalue weighted by atomic mass is 10.0. The third kappa shape index (κ3) is 6.69. The summed E-state index contributed by atoms with van der Waals surface area (Å²) in [6, 6.07) is 19.4. The summed E-state index contributed by atoms with van der Waals surface area (Å²) < 4.78 is 0. The Balaban J connectivity index is 1.50. The summed E-state index contributed by atoms with van der Waals surface area (Å²) in [5.41, 5.74) is 3.87. The maximum Gasteiger partial charge on any atom is 0.220 e. The van der Waals surface area contributed by atoms with Crippen LogP contribution in [-0.4, -0.2) is 55.0 Å². The fraction of sp³-hybridized carbons (Fsp3) is 0.480. The van der Waals surface area contributed by atoms with Gasteiger partial charge in [-0.2, -0.15) is 0 Å². The number of rotatable bonds is 9. The number of piperazine rings is 1. The van der Waals surface area contributed by atoms with Crippen molar-refractivity contribution in [2.75, 3.05) is 39.3 Å². The molecule has 0 aliphatic carbocycles. The second kappa shape index (κ2) is 11.1. The van der Waals surface area contributed by atoms with E-state index in [1.54, 1.807) is 0 Å². The number of hydrogen-bond donors (Lipinski definition) is 1. The summed E-state index contributed by atoms with van der Waals surface area (Å²) in [5.74, 6) is 0.158. The maximum atomic E-state index is 12.5. The minimum Gasteiger partial charge on any atom is -0.354 e. The molecule has 1 heterocycles. The van der Waals surface area contributed by atoms with E-state index in [2.05, 4.69) is 83.6 Å². The Labute approximate surface area is 175 Å². The number of nitrogens with zero attached hydrogens (tertiary/aromatic N) is 2. The molecule has 156 valence electrons. The van der Waals surface area contributed by atoms with Crippen LogP contribution in [0.1, 0.15) is 42.5 Å². The molecule has 3 rings (SSSR count). The number of aryl methyl sites for hydroxylation is 2. The number of carbonyl (C=O) groups excluding carboxylic acids is 1. The molecule has 1 unspecified atom stereocenters. The maximum absolute atomic E-state index is 12.5. The van der Waals surface area contributed by atoms with Crippen LogP contribution in [0.25, 0.3) is 0 Å². The van der Waals surface area contributed by atoms with Crippen molar-refractivity contribution < 1.29 is 4.79 Å². The number of nitrogens with one attached hydrogen (secondary N) is 1. The van der Waals surface area contributed by atoms with E-state index in [1.165, 1.54) is 16.7 Å².